The van der Waals surface area contributed by atoms with Crippen LogP contribution >= 0.6 is 23.2 Å². The first-order chi connectivity index (χ1) is 10.5. The van der Waals surface area contributed by atoms with Gasteiger partial charge in [0.05, 0.1) is 22.3 Å². The Morgan fingerprint density at radius 2 is 1.91 bits per heavy atom. The van der Waals surface area contributed by atoms with Gasteiger partial charge >= 0.3 is 0 Å². The van der Waals surface area contributed by atoms with Crippen molar-refractivity contribution in [3.05, 3.63) is 51.3 Å². The number of ketones is 1. The summed E-state index contributed by atoms with van der Waals surface area (Å²) in [5, 5.41) is 4.09. The van der Waals surface area contributed by atoms with Gasteiger partial charge in [0.25, 0.3) is 0 Å². The summed E-state index contributed by atoms with van der Waals surface area (Å²) < 4.78 is 2.27. The lowest BCUT2D eigenvalue weighted by Gasteiger charge is -2.10. The van der Waals surface area contributed by atoms with Crippen LogP contribution in [0.25, 0.3) is 0 Å². The van der Waals surface area contributed by atoms with Gasteiger partial charge in [0.15, 0.2) is 5.78 Å². The smallest absolute Gasteiger partial charge is 0.183 e. The fraction of sp³-hybridized carbons (Fsp3) is 0.353. The molecule has 2 aromatic rings. The molecule has 1 aromatic heterocycles. The molecule has 0 bridgehead atoms. The Hall–Kier alpha value is -1.45. The molecule has 1 saturated carbocycles. The van der Waals surface area contributed by atoms with Gasteiger partial charge in [-0.05, 0) is 44.9 Å². The van der Waals surface area contributed by atoms with Crippen molar-refractivity contribution in [1.29, 1.82) is 0 Å². The molecule has 0 radical (unpaired) electrons. The zero-order valence-electron chi connectivity index (χ0n) is 12.6. The molecule has 1 aliphatic rings. The summed E-state index contributed by atoms with van der Waals surface area (Å²) in [6.07, 6.45) is 2.41. The lowest BCUT2D eigenvalue weighted by molar-refractivity contribution is 0.101. The van der Waals surface area contributed by atoms with E-state index in [-0.39, 0.29) is 12.3 Å². The third-order valence-corrected chi connectivity index (χ3v) is 4.72. The van der Waals surface area contributed by atoms with E-state index < -0.39 is 0 Å². The van der Waals surface area contributed by atoms with Crippen LogP contribution < -0.4 is 5.32 Å². The van der Waals surface area contributed by atoms with Crippen LogP contribution in [0.4, 0.5) is 5.69 Å². The Labute approximate surface area is 140 Å². The molecule has 3 nitrogen and oxygen atoms in total. The highest BCUT2D eigenvalue weighted by Crippen LogP contribution is 2.38. The Balaban J connectivity index is 1.77. The first-order valence-corrected chi connectivity index (χ1v) is 8.14. The van der Waals surface area contributed by atoms with Crippen molar-refractivity contribution in [3.63, 3.8) is 0 Å². The van der Waals surface area contributed by atoms with Crippen LogP contribution in [0.3, 0.4) is 0 Å². The van der Waals surface area contributed by atoms with E-state index in [2.05, 4.69) is 16.8 Å². The highest BCUT2D eigenvalue weighted by atomic mass is 35.5. The largest absolute Gasteiger partial charge is 0.375 e. The summed E-state index contributed by atoms with van der Waals surface area (Å²) in [6, 6.07) is 7.83. The van der Waals surface area contributed by atoms with Gasteiger partial charge in [0.1, 0.15) is 0 Å². The number of rotatable bonds is 5. The van der Waals surface area contributed by atoms with Crippen molar-refractivity contribution in [2.24, 2.45) is 0 Å². The number of para-hydroxylation sites is 1. The highest BCUT2D eigenvalue weighted by molar-refractivity contribution is 6.39. The molecule has 1 fully saturated rings. The molecule has 116 valence electrons. The van der Waals surface area contributed by atoms with Gasteiger partial charge in [-0.2, -0.15) is 0 Å². The lowest BCUT2D eigenvalue weighted by atomic mass is 10.1. The van der Waals surface area contributed by atoms with E-state index in [1.165, 1.54) is 12.8 Å². The zero-order valence-corrected chi connectivity index (χ0v) is 14.1. The van der Waals surface area contributed by atoms with Crippen LogP contribution in [0, 0.1) is 13.8 Å². The standard InChI is InChI=1S/C17H18Cl2N2O/c1-10-8-13(11(2)21(10)12-6-7-12)16(22)9-20-17-14(18)4-3-5-15(17)19/h3-5,8,12,20H,6-7,9H2,1-2H3. The van der Waals surface area contributed by atoms with Crippen LogP contribution in [-0.4, -0.2) is 16.9 Å². The van der Waals surface area contributed by atoms with E-state index in [4.69, 9.17) is 23.2 Å². The minimum atomic E-state index is 0.0518. The summed E-state index contributed by atoms with van der Waals surface area (Å²) >= 11 is 12.2. The van der Waals surface area contributed by atoms with Gasteiger partial charge in [-0.3, -0.25) is 4.79 Å². The van der Waals surface area contributed by atoms with Crippen molar-refractivity contribution in [2.75, 3.05) is 11.9 Å². The maximum atomic E-state index is 12.5. The number of aromatic nitrogens is 1. The quantitative estimate of drug-likeness (QED) is 0.776. The summed E-state index contributed by atoms with van der Waals surface area (Å²) in [7, 11) is 0. The summed E-state index contributed by atoms with van der Waals surface area (Å²) in [4.78, 5) is 12.5. The number of nitrogens with zero attached hydrogens (tertiary/aromatic N) is 1. The molecule has 22 heavy (non-hydrogen) atoms. The zero-order chi connectivity index (χ0) is 15.9. The number of halogens is 2. The summed E-state index contributed by atoms with van der Waals surface area (Å²) in [6.45, 7) is 4.25. The molecular formula is C17H18Cl2N2O. The highest BCUT2D eigenvalue weighted by Gasteiger charge is 2.28. The minimum absolute atomic E-state index is 0.0518. The molecule has 0 unspecified atom stereocenters. The summed E-state index contributed by atoms with van der Waals surface area (Å²) in [5.74, 6) is 0.0518. The first-order valence-electron chi connectivity index (χ1n) is 7.38. The number of benzene rings is 1. The van der Waals surface area contributed by atoms with Crippen molar-refractivity contribution in [2.45, 2.75) is 32.7 Å². The second-order valence-corrected chi connectivity index (χ2v) is 6.57. The van der Waals surface area contributed by atoms with Gasteiger partial charge in [0.2, 0.25) is 0 Å². The third-order valence-electron chi connectivity index (χ3n) is 4.09. The number of nitrogens with one attached hydrogen (secondary N) is 1. The number of carbonyl (C=O) groups excluding carboxylic acids is 1. The molecule has 0 atom stereocenters. The molecule has 1 heterocycles. The molecule has 1 N–H and O–H groups in total. The molecule has 5 heteroatoms. The predicted octanol–water partition coefficient (Wildman–Crippen LogP) is 5.04. The number of carbonyl (C=O) groups is 1. The van der Waals surface area contributed by atoms with Crippen LogP contribution in [0.15, 0.2) is 24.3 Å². The first kappa shape index (κ1) is 15.4. The predicted molar refractivity (Wildman–Crippen MR) is 91.5 cm³/mol. The molecule has 0 saturated heterocycles. The molecule has 1 aliphatic carbocycles. The maximum absolute atomic E-state index is 12.5. The monoisotopic (exact) mass is 336 g/mol. The Bertz CT molecular complexity index is 712. The third kappa shape index (κ3) is 2.88. The molecule has 1 aromatic carbocycles. The van der Waals surface area contributed by atoms with E-state index in [1.54, 1.807) is 18.2 Å². The topological polar surface area (TPSA) is 34.0 Å². The van der Waals surface area contributed by atoms with Gasteiger partial charge < -0.3 is 9.88 Å². The molecule has 0 amide bonds. The van der Waals surface area contributed by atoms with Crippen LogP contribution in [0.5, 0.6) is 0 Å². The fourth-order valence-electron chi connectivity index (χ4n) is 2.88. The van der Waals surface area contributed by atoms with Crippen LogP contribution in [-0.2, 0) is 0 Å². The molecule has 0 spiro atoms. The van der Waals surface area contributed by atoms with E-state index in [1.807, 2.05) is 13.0 Å². The molecule has 0 aliphatic heterocycles. The van der Waals surface area contributed by atoms with Gasteiger partial charge in [-0.15, -0.1) is 0 Å². The normalized spacial score (nSPS) is 14.2. The van der Waals surface area contributed by atoms with Crippen molar-refractivity contribution < 1.29 is 4.79 Å². The Morgan fingerprint density at radius 1 is 1.27 bits per heavy atom. The molecular weight excluding hydrogens is 319 g/mol. The van der Waals surface area contributed by atoms with E-state index in [0.29, 0.717) is 21.8 Å². The lowest BCUT2D eigenvalue weighted by Crippen LogP contribution is -2.15. The number of Topliss-reactive ketones (excluding diaryl/α,β-unsaturated/α-hetero) is 1. The van der Waals surface area contributed by atoms with E-state index >= 15 is 0 Å². The summed E-state index contributed by atoms with van der Waals surface area (Å²) in [5.41, 5.74) is 3.59. The van der Waals surface area contributed by atoms with E-state index in [9.17, 15) is 4.79 Å². The van der Waals surface area contributed by atoms with Crippen molar-refractivity contribution in [3.8, 4) is 0 Å². The molecule has 3 rings (SSSR count). The van der Waals surface area contributed by atoms with Crippen LogP contribution in [0.2, 0.25) is 10.0 Å². The van der Waals surface area contributed by atoms with Crippen LogP contribution in [0.1, 0.15) is 40.6 Å². The van der Waals surface area contributed by atoms with Gasteiger partial charge in [0, 0.05) is 23.0 Å². The average Bonchev–Trinajstić information content (AvgIpc) is 3.24. The number of hydrogen-bond acceptors (Lipinski definition) is 2. The Morgan fingerprint density at radius 3 is 2.50 bits per heavy atom. The number of aryl methyl sites for hydroxylation is 1. The van der Waals surface area contributed by atoms with Gasteiger partial charge in [-0.1, -0.05) is 29.3 Å². The van der Waals surface area contributed by atoms with Crippen molar-refractivity contribution >= 4 is 34.7 Å². The Kier molecular flexibility index (Phi) is 4.20. The number of hydrogen-bond donors (Lipinski definition) is 1. The maximum Gasteiger partial charge on any atom is 0.183 e. The number of anilines is 1. The second-order valence-electron chi connectivity index (χ2n) is 5.76. The average molecular weight is 337 g/mol. The SMILES string of the molecule is Cc1cc(C(=O)CNc2c(Cl)cccc2Cl)c(C)n1C1CC1. The second kappa shape index (κ2) is 5.98. The fourth-order valence-corrected chi connectivity index (χ4v) is 3.42. The van der Waals surface area contributed by atoms with Crippen molar-refractivity contribution in [1.82, 2.24) is 4.57 Å². The van der Waals surface area contributed by atoms with Gasteiger partial charge in [-0.25, -0.2) is 0 Å². The van der Waals surface area contributed by atoms with E-state index in [0.717, 1.165) is 17.0 Å². The minimum Gasteiger partial charge on any atom is -0.375 e.